The van der Waals surface area contributed by atoms with Gasteiger partial charge in [-0.2, -0.15) is 0 Å². The number of nitrogens with zero attached hydrogens (tertiary/aromatic N) is 2. The van der Waals surface area contributed by atoms with Gasteiger partial charge in [-0.3, -0.25) is 9.69 Å². The van der Waals surface area contributed by atoms with Gasteiger partial charge in [0.2, 0.25) is 0 Å². The molecule has 2 heterocycles. The van der Waals surface area contributed by atoms with Gasteiger partial charge in [-0.15, -0.1) is 0 Å². The van der Waals surface area contributed by atoms with Gasteiger partial charge in [0.05, 0.1) is 4.47 Å². The zero-order valence-corrected chi connectivity index (χ0v) is 19.8. The third-order valence-corrected chi connectivity index (χ3v) is 6.55. The number of para-hydroxylation sites is 1. The van der Waals surface area contributed by atoms with Gasteiger partial charge >= 0.3 is 0 Å². The lowest BCUT2D eigenvalue weighted by molar-refractivity contribution is 0.0594. The first-order valence-corrected chi connectivity index (χ1v) is 11.5. The van der Waals surface area contributed by atoms with Crippen molar-refractivity contribution in [2.45, 2.75) is 13.2 Å². The molecule has 0 spiro atoms. The largest absolute Gasteiger partial charge is 0.484 e. The Labute approximate surface area is 199 Å². The van der Waals surface area contributed by atoms with E-state index in [1.54, 1.807) is 12.1 Å². The number of ether oxygens (including phenoxy) is 1. The van der Waals surface area contributed by atoms with Crippen LogP contribution in [0.2, 0.25) is 10.0 Å². The van der Waals surface area contributed by atoms with Crippen LogP contribution >= 0.6 is 39.1 Å². The molecule has 8 heteroatoms. The standard InChI is InChI=1S/C23H21BrCl2N2O3/c24-18-4-1-2-7-21(18)30-15-16-8-9-22(31-16)23(29)28-12-10-27(11-13-28)14-17-19(25)5-3-6-20(17)26/h1-9H,10-15H2. The molecule has 0 N–H and O–H groups in total. The maximum atomic E-state index is 12.8. The van der Waals surface area contributed by atoms with Gasteiger partial charge in [-0.1, -0.05) is 41.4 Å². The normalized spacial score (nSPS) is 14.6. The number of amides is 1. The summed E-state index contributed by atoms with van der Waals surface area (Å²) in [5.41, 5.74) is 0.923. The van der Waals surface area contributed by atoms with Crippen molar-refractivity contribution >= 4 is 45.0 Å². The Morgan fingerprint density at radius 3 is 2.39 bits per heavy atom. The molecule has 0 radical (unpaired) electrons. The van der Waals surface area contributed by atoms with Crippen molar-refractivity contribution in [3.63, 3.8) is 0 Å². The SMILES string of the molecule is O=C(c1ccc(COc2ccccc2Br)o1)N1CCN(Cc2c(Cl)cccc2Cl)CC1. The molecular weight excluding hydrogens is 503 g/mol. The van der Waals surface area contributed by atoms with E-state index in [0.29, 0.717) is 41.2 Å². The monoisotopic (exact) mass is 522 g/mol. The number of carbonyl (C=O) groups is 1. The highest BCUT2D eigenvalue weighted by atomic mass is 79.9. The second-order valence-corrected chi connectivity index (χ2v) is 8.92. The van der Waals surface area contributed by atoms with Crippen LogP contribution in [0.4, 0.5) is 0 Å². The Morgan fingerprint density at radius 1 is 0.968 bits per heavy atom. The summed E-state index contributed by atoms with van der Waals surface area (Å²) in [7, 11) is 0. The minimum absolute atomic E-state index is 0.109. The molecule has 0 saturated carbocycles. The van der Waals surface area contributed by atoms with E-state index in [2.05, 4.69) is 20.8 Å². The van der Waals surface area contributed by atoms with Crippen LogP contribution in [0.1, 0.15) is 21.9 Å². The second kappa shape index (κ2) is 10.1. The Hall–Kier alpha value is -1.99. The highest BCUT2D eigenvalue weighted by molar-refractivity contribution is 9.10. The molecule has 0 unspecified atom stereocenters. The lowest BCUT2D eigenvalue weighted by Gasteiger charge is -2.34. The molecule has 1 aromatic heterocycles. The zero-order chi connectivity index (χ0) is 21.8. The summed E-state index contributed by atoms with van der Waals surface area (Å²) in [5.74, 6) is 1.54. The fourth-order valence-corrected chi connectivity index (χ4v) is 4.37. The van der Waals surface area contributed by atoms with Crippen molar-refractivity contribution in [3.05, 3.63) is 86.2 Å². The van der Waals surface area contributed by atoms with Crippen molar-refractivity contribution in [1.82, 2.24) is 9.80 Å². The molecule has 3 aromatic rings. The minimum Gasteiger partial charge on any atom is -0.484 e. The first-order valence-electron chi connectivity index (χ1n) is 9.92. The molecule has 1 saturated heterocycles. The summed E-state index contributed by atoms with van der Waals surface area (Å²) in [6.07, 6.45) is 0. The summed E-state index contributed by atoms with van der Waals surface area (Å²) < 4.78 is 12.4. The smallest absolute Gasteiger partial charge is 0.289 e. The average Bonchev–Trinajstić information content (AvgIpc) is 3.25. The molecule has 1 aliphatic heterocycles. The van der Waals surface area contributed by atoms with Crippen LogP contribution in [0.5, 0.6) is 5.75 Å². The number of carbonyl (C=O) groups excluding carboxylic acids is 1. The number of rotatable bonds is 6. The summed E-state index contributed by atoms with van der Waals surface area (Å²) in [6, 6.07) is 16.6. The number of hydrogen-bond donors (Lipinski definition) is 0. The maximum absolute atomic E-state index is 12.8. The molecular formula is C23H21BrCl2N2O3. The van der Waals surface area contributed by atoms with Crippen molar-refractivity contribution in [3.8, 4) is 5.75 Å². The van der Waals surface area contributed by atoms with Gasteiger partial charge in [-0.05, 0) is 52.3 Å². The number of benzene rings is 2. The summed E-state index contributed by atoms with van der Waals surface area (Å²) >= 11 is 16.0. The van der Waals surface area contributed by atoms with Crippen LogP contribution in [0.15, 0.2) is 63.5 Å². The van der Waals surface area contributed by atoms with Crippen molar-refractivity contribution in [1.29, 1.82) is 0 Å². The van der Waals surface area contributed by atoms with Crippen LogP contribution in [0, 0.1) is 0 Å². The molecule has 0 aliphatic carbocycles. The Balaban J connectivity index is 1.30. The predicted octanol–water partition coefficient (Wildman–Crippen LogP) is 5.89. The van der Waals surface area contributed by atoms with Crippen molar-refractivity contribution in [2.24, 2.45) is 0 Å². The first-order chi connectivity index (χ1) is 15.0. The van der Waals surface area contributed by atoms with Crippen LogP contribution < -0.4 is 4.74 Å². The Morgan fingerprint density at radius 2 is 1.68 bits per heavy atom. The van der Waals surface area contributed by atoms with E-state index in [1.807, 2.05) is 47.4 Å². The summed E-state index contributed by atoms with van der Waals surface area (Å²) in [4.78, 5) is 16.9. The second-order valence-electron chi connectivity index (χ2n) is 7.25. The quantitative estimate of drug-likeness (QED) is 0.404. The van der Waals surface area contributed by atoms with Gasteiger partial charge < -0.3 is 14.1 Å². The molecule has 1 amide bonds. The highest BCUT2D eigenvalue weighted by Crippen LogP contribution is 2.27. The van der Waals surface area contributed by atoms with Gasteiger partial charge in [0, 0.05) is 48.3 Å². The number of hydrogen-bond acceptors (Lipinski definition) is 4. The third-order valence-electron chi connectivity index (χ3n) is 5.18. The molecule has 0 atom stereocenters. The fourth-order valence-electron chi connectivity index (χ4n) is 3.45. The van der Waals surface area contributed by atoms with Gasteiger partial charge in [0.1, 0.15) is 18.1 Å². The number of piperazine rings is 1. The third kappa shape index (κ3) is 5.44. The minimum atomic E-state index is -0.109. The van der Waals surface area contributed by atoms with Crippen LogP contribution in [0.3, 0.4) is 0 Å². The summed E-state index contributed by atoms with van der Waals surface area (Å²) in [5, 5.41) is 1.33. The zero-order valence-electron chi connectivity index (χ0n) is 16.7. The highest BCUT2D eigenvalue weighted by Gasteiger charge is 2.25. The van der Waals surface area contributed by atoms with Crippen LogP contribution in [0.25, 0.3) is 0 Å². The topological polar surface area (TPSA) is 45.9 Å². The van der Waals surface area contributed by atoms with Gasteiger partial charge in [-0.25, -0.2) is 0 Å². The molecule has 162 valence electrons. The van der Waals surface area contributed by atoms with E-state index in [9.17, 15) is 4.79 Å². The molecule has 1 fully saturated rings. The lowest BCUT2D eigenvalue weighted by atomic mass is 10.2. The van der Waals surface area contributed by atoms with E-state index < -0.39 is 0 Å². The number of furan rings is 1. The van der Waals surface area contributed by atoms with E-state index in [-0.39, 0.29) is 12.5 Å². The Bertz CT molecular complexity index is 1040. The summed E-state index contributed by atoms with van der Waals surface area (Å²) in [6.45, 7) is 3.63. The molecule has 5 nitrogen and oxygen atoms in total. The van der Waals surface area contributed by atoms with Crippen LogP contribution in [-0.4, -0.2) is 41.9 Å². The van der Waals surface area contributed by atoms with Gasteiger partial charge in [0.15, 0.2) is 5.76 Å². The van der Waals surface area contributed by atoms with Crippen LogP contribution in [-0.2, 0) is 13.2 Å². The van der Waals surface area contributed by atoms with Crippen molar-refractivity contribution in [2.75, 3.05) is 26.2 Å². The molecule has 31 heavy (non-hydrogen) atoms. The van der Waals surface area contributed by atoms with E-state index >= 15 is 0 Å². The lowest BCUT2D eigenvalue weighted by Crippen LogP contribution is -2.48. The van der Waals surface area contributed by atoms with E-state index in [4.69, 9.17) is 32.4 Å². The first kappa shape index (κ1) is 22.2. The maximum Gasteiger partial charge on any atom is 0.289 e. The predicted molar refractivity (Wildman–Crippen MR) is 125 cm³/mol. The molecule has 0 bridgehead atoms. The van der Waals surface area contributed by atoms with Crippen molar-refractivity contribution < 1.29 is 13.9 Å². The molecule has 1 aliphatic rings. The molecule has 2 aromatic carbocycles. The Kier molecular flexibility index (Phi) is 7.23. The fraction of sp³-hybridized carbons (Fsp3) is 0.261. The average molecular weight is 524 g/mol. The number of halogens is 3. The van der Waals surface area contributed by atoms with Gasteiger partial charge in [0.25, 0.3) is 5.91 Å². The van der Waals surface area contributed by atoms with E-state index in [0.717, 1.165) is 28.9 Å². The molecule has 4 rings (SSSR count). The van der Waals surface area contributed by atoms with E-state index in [1.165, 1.54) is 0 Å².